The molecule has 4 aromatic rings. The van der Waals surface area contributed by atoms with E-state index in [-0.39, 0.29) is 12.1 Å². The van der Waals surface area contributed by atoms with Crippen molar-refractivity contribution in [2.24, 2.45) is 21.8 Å². The number of benzene rings is 4. The van der Waals surface area contributed by atoms with E-state index in [0.717, 1.165) is 24.8 Å². The van der Waals surface area contributed by atoms with Crippen molar-refractivity contribution >= 4 is 44.6 Å². The molecule has 2 atom stereocenters. The Kier molecular flexibility index (Phi) is 5.75. The number of anilines is 2. The van der Waals surface area contributed by atoms with Gasteiger partial charge in [-0.2, -0.15) is 0 Å². The molecular formula is C32H34N4. The minimum absolute atomic E-state index is 0.241. The molecule has 4 aromatic carbocycles. The standard InChI is InChI=1S/C32H34N4/c1-21(2)29-19-35(27-15-13-23-9-5-7-11-25(23)17-27)31(33-29)32-34-30(22(3)4)20-36(32)28-16-14-24-10-6-8-12-26(24)18-28/h5-18,21-22,29-30H,19-20H2,1-4H3/t29-,30-/m1/s1. The van der Waals surface area contributed by atoms with E-state index in [0.29, 0.717) is 11.8 Å². The lowest BCUT2D eigenvalue weighted by atomic mass is 10.1. The van der Waals surface area contributed by atoms with E-state index in [2.05, 4.69) is 122 Å². The highest BCUT2D eigenvalue weighted by molar-refractivity contribution is 6.50. The summed E-state index contributed by atoms with van der Waals surface area (Å²) in [4.78, 5) is 15.4. The fraction of sp³-hybridized carbons (Fsp3) is 0.312. The lowest BCUT2D eigenvalue weighted by Crippen LogP contribution is -2.42. The number of hydrogen-bond donors (Lipinski definition) is 0. The maximum atomic E-state index is 5.31. The number of fused-ring (bicyclic) bond motifs is 2. The maximum Gasteiger partial charge on any atom is 0.172 e. The highest BCUT2D eigenvalue weighted by Gasteiger charge is 2.38. The van der Waals surface area contributed by atoms with Crippen LogP contribution in [0.1, 0.15) is 27.7 Å². The Bertz CT molecular complexity index is 1370. The van der Waals surface area contributed by atoms with Crippen LogP contribution in [0.5, 0.6) is 0 Å². The number of amidine groups is 2. The van der Waals surface area contributed by atoms with Gasteiger partial charge in [0.2, 0.25) is 0 Å². The van der Waals surface area contributed by atoms with E-state index < -0.39 is 0 Å². The van der Waals surface area contributed by atoms with Crippen LogP contribution in [-0.4, -0.2) is 36.8 Å². The average Bonchev–Trinajstić information content (AvgIpc) is 3.53. The summed E-state index contributed by atoms with van der Waals surface area (Å²) < 4.78 is 0. The summed E-state index contributed by atoms with van der Waals surface area (Å²) in [6, 6.07) is 31.1. The van der Waals surface area contributed by atoms with Gasteiger partial charge >= 0.3 is 0 Å². The Balaban J connectivity index is 1.45. The van der Waals surface area contributed by atoms with Crippen molar-refractivity contribution in [2.45, 2.75) is 39.8 Å². The van der Waals surface area contributed by atoms with E-state index >= 15 is 0 Å². The largest absolute Gasteiger partial charge is 0.321 e. The molecule has 6 rings (SSSR count). The van der Waals surface area contributed by atoms with Crippen LogP contribution in [0.3, 0.4) is 0 Å². The maximum absolute atomic E-state index is 5.31. The van der Waals surface area contributed by atoms with Gasteiger partial charge in [0, 0.05) is 24.5 Å². The van der Waals surface area contributed by atoms with Crippen LogP contribution in [0.4, 0.5) is 11.4 Å². The van der Waals surface area contributed by atoms with Crippen LogP contribution in [0.15, 0.2) is 94.9 Å². The summed E-state index contributed by atoms with van der Waals surface area (Å²) in [6.07, 6.45) is 0. The molecule has 0 aromatic heterocycles. The molecule has 0 radical (unpaired) electrons. The van der Waals surface area contributed by atoms with Crippen LogP contribution in [0, 0.1) is 11.8 Å². The quantitative estimate of drug-likeness (QED) is 0.307. The van der Waals surface area contributed by atoms with E-state index in [4.69, 9.17) is 9.98 Å². The summed E-state index contributed by atoms with van der Waals surface area (Å²) >= 11 is 0. The van der Waals surface area contributed by atoms with Crippen molar-refractivity contribution in [3.8, 4) is 0 Å². The van der Waals surface area contributed by atoms with Crippen LogP contribution in [0.2, 0.25) is 0 Å². The third-order valence-corrected chi connectivity index (χ3v) is 7.66. The van der Waals surface area contributed by atoms with Gasteiger partial charge in [-0.05, 0) is 57.6 Å². The second-order valence-corrected chi connectivity index (χ2v) is 10.8. The average molecular weight is 475 g/mol. The first-order valence-corrected chi connectivity index (χ1v) is 13.2. The van der Waals surface area contributed by atoms with E-state index in [1.807, 2.05) is 0 Å². The second kappa shape index (κ2) is 9.09. The van der Waals surface area contributed by atoms with Gasteiger partial charge in [0.1, 0.15) is 0 Å². The molecule has 0 aliphatic carbocycles. The van der Waals surface area contributed by atoms with E-state index in [1.54, 1.807) is 0 Å². The Morgan fingerprint density at radius 2 is 0.944 bits per heavy atom. The van der Waals surface area contributed by atoms with Crippen molar-refractivity contribution in [1.82, 2.24) is 0 Å². The molecule has 0 amide bonds. The van der Waals surface area contributed by atoms with Gasteiger partial charge < -0.3 is 9.80 Å². The minimum atomic E-state index is 0.241. The van der Waals surface area contributed by atoms with Gasteiger partial charge in [0.15, 0.2) is 11.7 Å². The van der Waals surface area contributed by atoms with Gasteiger partial charge in [0.05, 0.1) is 12.1 Å². The summed E-state index contributed by atoms with van der Waals surface area (Å²) in [5.41, 5.74) is 2.37. The van der Waals surface area contributed by atoms with Crippen molar-refractivity contribution in [3.63, 3.8) is 0 Å². The van der Waals surface area contributed by atoms with Crippen molar-refractivity contribution in [3.05, 3.63) is 84.9 Å². The molecule has 0 saturated heterocycles. The zero-order chi connectivity index (χ0) is 24.8. The zero-order valence-corrected chi connectivity index (χ0v) is 21.6. The summed E-state index contributed by atoms with van der Waals surface area (Å²) in [7, 11) is 0. The van der Waals surface area contributed by atoms with E-state index in [1.165, 1.54) is 32.9 Å². The van der Waals surface area contributed by atoms with Crippen molar-refractivity contribution in [2.75, 3.05) is 22.9 Å². The molecule has 0 fully saturated rings. The summed E-state index contributed by atoms with van der Waals surface area (Å²) in [5, 5.41) is 5.02. The first-order chi connectivity index (χ1) is 17.5. The fourth-order valence-electron chi connectivity index (χ4n) is 5.30. The zero-order valence-electron chi connectivity index (χ0n) is 21.6. The first kappa shape index (κ1) is 22.8. The molecule has 0 bridgehead atoms. The molecule has 4 nitrogen and oxygen atoms in total. The molecule has 0 spiro atoms. The predicted octanol–water partition coefficient (Wildman–Crippen LogP) is 7.18. The minimum Gasteiger partial charge on any atom is -0.321 e. The smallest absolute Gasteiger partial charge is 0.172 e. The number of hydrogen-bond acceptors (Lipinski definition) is 4. The molecule has 182 valence electrons. The monoisotopic (exact) mass is 474 g/mol. The fourth-order valence-corrected chi connectivity index (χ4v) is 5.30. The lowest BCUT2D eigenvalue weighted by Gasteiger charge is -2.27. The molecule has 0 N–H and O–H groups in total. The van der Waals surface area contributed by atoms with Crippen molar-refractivity contribution in [1.29, 1.82) is 0 Å². The van der Waals surface area contributed by atoms with Gasteiger partial charge in [-0.1, -0.05) is 88.4 Å². The lowest BCUT2D eigenvalue weighted by molar-refractivity contribution is 0.521. The Morgan fingerprint density at radius 1 is 0.556 bits per heavy atom. The van der Waals surface area contributed by atoms with Gasteiger partial charge in [-0.25, -0.2) is 0 Å². The number of rotatable bonds is 5. The molecule has 0 unspecified atom stereocenters. The Labute approximate surface area is 214 Å². The van der Waals surface area contributed by atoms with Crippen LogP contribution < -0.4 is 9.80 Å². The Hall–Kier alpha value is -3.66. The Morgan fingerprint density at radius 3 is 1.33 bits per heavy atom. The molecule has 36 heavy (non-hydrogen) atoms. The van der Waals surface area contributed by atoms with E-state index in [9.17, 15) is 0 Å². The third-order valence-electron chi connectivity index (χ3n) is 7.66. The van der Waals surface area contributed by atoms with Crippen LogP contribution in [-0.2, 0) is 0 Å². The molecule has 0 saturated carbocycles. The SMILES string of the molecule is CC(C)[C@H]1CN(c2ccc3ccccc3c2)C(C2=N[C@@H](C(C)C)CN2c2ccc3ccccc3c2)=N1. The third kappa shape index (κ3) is 4.05. The van der Waals surface area contributed by atoms with Gasteiger partial charge in [-0.15, -0.1) is 0 Å². The highest BCUT2D eigenvalue weighted by Crippen LogP contribution is 2.32. The highest BCUT2D eigenvalue weighted by atomic mass is 15.4. The molecule has 4 heteroatoms. The number of nitrogens with zero attached hydrogens (tertiary/aromatic N) is 4. The van der Waals surface area contributed by atoms with Crippen LogP contribution >= 0.6 is 0 Å². The molecule has 2 aliphatic heterocycles. The van der Waals surface area contributed by atoms with Crippen molar-refractivity contribution < 1.29 is 0 Å². The number of aliphatic imine (C=N–C) groups is 2. The van der Waals surface area contributed by atoms with Gasteiger partial charge in [-0.3, -0.25) is 9.98 Å². The van der Waals surface area contributed by atoms with Gasteiger partial charge in [0.25, 0.3) is 0 Å². The second-order valence-electron chi connectivity index (χ2n) is 10.8. The molecular weight excluding hydrogens is 440 g/mol. The normalized spacial score (nSPS) is 20.2. The topological polar surface area (TPSA) is 31.2 Å². The molecule has 2 heterocycles. The predicted molar refractivity (Wildman–Crippen MR) is 155 cm³/mol. The van der Waals surface area contributed by atoms with Crippen LogP contribution in [0.25, 0.3) is 21.5 Å². The first-order valence-electron chi connectivity index (χ1n) is 13.2. The summed E-state index contributed by atoms with van der Waals surface area (Å²) in [6.45, 7) is 10.8. The summed E-state index contributed by atoms with van der Waals surface area (Å²) in [5.74, 6) is 2.92. The molecule has 2 aliphatic rings.